The molecule has 0 spiro atoms. The molecule has 0 saturated carbocycles. The average molecular weight is 115 g/mol. The zero-order valence-corrected chi connectivity index (χ0v) is 5.22. The van der Waals surface area contributed by atoms with E-state index in [-0.39, 0.29) is 6.10 Å². The molecule has 0 aromatic carbocycles. The molecule has 8 heavy (non-hydrogen) atoms. The first-order chi connectivity index (χ1) is 3.80. The summed E-state index contributed by atoms with van der Waals surface area (Å²) in [7, 11) is 0. The highest BCUT2D eigenvalue weighted by Crippen LogP contribution is 2.10. The molecule has 0 unspecified atom stereocenters. The van der Waals surface area contributed by atoms with E-state index in [2.05, 4.69) is 5.32 Å². The number of aliphatic hydroxyl groups is 1. The average Bonchev–Trinajstić information content (AvgIpc) is 2.12. The number of nitrogens with one attached hydrogen (secondary N) is 1. The molecule has 2 atom stereocenters. The predicted molar refractivity (Wildman–Crippen MR) is 32.7 cm³/mol. The van der Waals surface area contributed by atoms with Gasteiger partial charge in [0.15, 0.2) is 0 Å². The molecule has 1 aliphatic rings. The van der Waals surface area contributed by atoms with Gasteiger partial charge in [0, 0.05) is 6.54 Å². The topological polar surface area (TPSA) is 32.3 Å². The van der Waals surface area contributed by atoms with Crippen LogP contribution in [0.1, 0.15) is 13.3 Å². The van der Waals surface area contributed by atoms with Gasteiger partial charge in [-0.2, -0.15) is 0 Å². The van der Waals surface area contributed by atoms with Gasteiger partial charge < -0.3 is 10.4 Å². The van der Waals surface area contributed by atoms with Crippen LogP contribution in [-0.4, -0.2) is 24.3 Å². The SMILES string of the molecule is C[C@H](O)[C@H]1CCNC1. The summed E-state index contributed by atoms with van der Waals surface area (Å²) in [5, 5.41) is 12.2. The van der Waals surface area contributed by atoms with E-state index in [9.17, 15) is 0 Å². The molecule has 0 bridgehead atoms. The minimum Gasteiger partial charge on any atom is -0.393 e. The van der Waals surface area contributed by atoms with E-state index in [0.29, 0.717) is 5.92 Å². The van der Waals surface area contributed by atoms with Crippen LogP contribution in [0.3, 0.4) is 0 Å². The lowest BCUT2D eigenvalue weighted by Gasteiger charge is -2.09. The van der Waals surface area contributed by atoms with Gasteiger partial charge >= 0.3 is 0 Å². The summed E-state index contributed by atoms with van der Waals surface area (Å²) in [5.74, 6) is 0.509. The molecular weight excluding hydrogens is 102 g/mol. The molecular formula is C6H13NO. The standard InChI is InChI=1S/C6H13NO/c1-5(8)6-2-3-7-4-6/h5-8H,2-4H2,1H3/t5-,6-/m0/s1. The molecule has 2 N–H and O–H groups in total. The highest BCUT2D eigenvalue weighted by atomic mass is 16.3. The quantitative estimate of drug-likeness (QED) is 0.503. The minimum absolute atomic E-state index is 0.120. The molecule has 1 fully saturated rings. The van der Waals surface area contributed by atoms with E-state index in [1.807, 2.05) is 6.92 Å². The van der Waals surface area contributed by atoms with Crippen molar-refractivity contribution in [1.82, 2.24) is 5.32 Å². The Hall–Kier alpha value is -0.0800. The van der Waals surface area contributed by atoms with Crippen LogP contribution in [0.2, 0.25) is 0 Å². The van der Waals surface area contributed by atoms with Gasteiger partial charge in [0.05, 0.1) is 6.10 Å². The van der Waals surface area contributed by atoms with Crippen LogP contribution >= 0.6 is 0 Å². The van der Waals surface area contributed by atoms with E-state index in [4.69, 9.17) is 5.11 Å². The lowest BCUT2D eigenvalue weighted by Crippen LogP contribution is -2.19. The third-order valence-corrected chi connectivity index (χ3v) is 1.78. The number of hydrogen-bond donors (Lipinski definition) is 2. The van der Waals surface area contributed by atoms with Gasteiger partial charge in [-0.25, -0.2) is 0 Å². The van der Waals surface area contributed by atoms with Crippen molar-refractivity contribution in [3.63, 3.8) is 0 Å². The van der Waals surface area contributed by atoms with Crippen LogP contribution < -0.4 is 5.32 Å². The molecule has 0 aromatic heterocycles. The fourth-order valence-electron chi connectivity index (χ4n) is 1.09. The van der Waals surface area contributed by atoms with Gasteiger partial charge in [-0.05, 0) is 25.8 Å². The largest absolute Gasteiger partial charge is 0.393 e. The van der Waals surface area contributed by atoms with Crippen molar-refractivity contribution < 1.29 is 5.11 Å². The molecule has 1 heterocycles. The van der Waals surface area contributed by atoms with Gasteiger partial charge in [-0.3, -0.25) is 0 Å². The van der Waals surface area contributed by atoms with Crippen LogP contribution in [-0.2, 0) is 0 Å². The van der Waals surface area contributed by atoms with Gasteiger partial charge in [0.2, 0.25) is 0 Å². The zero-order chi connectivity index (χ0) is 5.98. The Bertz CT molecular complexity index is 66.9. The van der Waals surface area contributed by atoms with Crippen molar-refractivity contribution in [2.45, 2.75) is 19.4 Å². The molecule has 1 saturated heterocycles. The highest BCUT2D eigenvalue weighted by Gasteiger charge is 2.18. The second kappa shape index (κ2) is 2.46. The van der Waals surface area contributed by atoms with Gasteiger partial charge in [0.1, 0.15) is 0 Å². The van der Waals surface area contributed by atoms with Crippen molar-refractivity contribution in [3.8, 4) is 0 Å². The summed E-state index contributed by atoms with van der Waals surface area (Å²) in [6, 6.07) is 0. The smallest absolute Gasteiger partial charge is 0.0552 e. The highest BCUT2D eigenvalue weighted by molar-refractivity contribution is 4.74. The van der Waals surface area contributed by atoms with Crippen molar-refractivity contribution in [2.24, 2.45) is 5.92 Å². The van der Waals surface area contributed by atoms with E-state index in [1.165, 1.54) is 0 Å². The van der Waals surface area contributed by atoms with E-state index < -0.39 is 0 Å². The Morgan fingerprint density at radius 3 is 2.75 bits per heavy atom. The molecule has 0 radical (unpaired) electrons. The Morgan fingerprint density at radius 2 is 2.50 bits per heavy atom. The Balaban J connectivity index is 2.24. The lowest BCUT2D eigenvalue weighted by molar-refractivity contribution is 0.136. The summed E-state index contributed by atoms with van der Waals surface area (Å²) < 4.78 is 0. The van der Waals surface area contributed by atoms with Crippen molar-refractivity contribution >= 4 is 0 Å². The second-order valence-corrected chi connectivity index (χ2v) is 2.49. The van der Waals surface area contributed by atoms with Crippen LogP contribution in [0.4, 0.5) is 0 Å². The number of aliphatic hydroxyl groups excluding tert-OH is 1. The van der Waals surface area contributed by atoms with Crippen molar-refractivity contribution in [3.05, 3.63) is 0 Å². The molecule has 2 heteroatoms. The monoisotopic (exact) mass is 115 g/mol. The van der Waals surface area contributed by atoms with E-state index in [0.717, 1.165) is 19.5 Å². The fourth-order valence-corrected chi connectivity index (χ4v) is 1.09. The summed E-state index contributed by atoms with van der Waals surface area (Å²) in [4.78, 5) is 0. The normalized spacial score (nSPS) is 33.0. The maximum absolute atomic E-state index is 9.01. The first kappa shape index (κ1) is 6.05. The first-order valence-electron chi connectivity index (χ1n) is 3.19. The molecule has 2 nitrogen and oxygen atoms in total. The van der Waals surface area contributed by atoms with Crippen molar-refractivity contribution in [1.29, 1.82) is 0 Å². The maximum Gasteiger partial charge on any atom is 0.0552 e. The third kappa shape index (κ3) is 1.20. The van der Waals surface area contributed by atoms with E-state index in [1.54, 1.807) is 0 Å². The minimum atomic E-state index is -0.120. The molecule has 0 amide bonds. The lowest BCUT2D eigenvalue weighted by atomic mass is 10.0. The molecule has 1 aliphatic heterocycles. The summed E-state index contributed by atoms with van der Waals surface area (Å²) in [5.41, 5.74) is 0. The van der Waals surface area contributed by atoms with Gasteiger partial charge in [-0.1, -0.05) is 0 Å². The van der Waals surface area contributed by atoms with Crippen LogP contribution in [0.15, 0.2) is 0 Å². The molecule has 48 valence electrons. The maximum atomic E-state index is 9.01. The fraction of sp³-hybridized carbons (Fsp3) is 1.00. The second-order valence-electron chi connectivity index (χ2n) is 2.49. The summed E-state index contributed by atoms with van der Waals surface area (Å²) >= 11 is 0. The molecule has 0 aliphatic carbocycles. The number of hydrogen-bond acceptors (Lipinski definition) is 2. The van der Waals surface area contributed by atoms with Crippen LogP contribution in [0.25, 0.3) is 0 Å². The zero-order valence-electron chi connectivity index (χ0n) is 5.22. The summed E-state index contributed by atoms with van der Waals surface area (Å²) in [6.45, 7) is 3.94. The Kier molecular flexibility index (Phi) is 1.86. The van der Waals surface area contributed by atoms with Gasteiger partial charge in [0.25, 0.3) is 0 Å². The van der Waals surface area contributed by atoms with Crippen molar-refractivity contribution in [2.75, 3.05) is 13.1 Å². The third-order valence-electron chi connectivity index (χ3n) is 1.78. The van der Waals surface area contributed by atoms with Crippen LogP contribution in [0, 0.1) is 5.92 Å². The van der Waals surface area contributed by atoms with E-state index >= 15 is 0 Å². The molecule has 1 rings (SSSR count). The molecule has 0 aromatic rings. The Morgan fingerprint density at radius 1 is 1.75 bits per heavy atom. The summed E-state index contributed by atoms with van der Waals surface area (Å²) in [6.07, 6.45) is 1.02. The number of rotatable bonds is 1. The van der Waals surface area contributed by atoms with Gasteiger partial charge in [-0.15, -0.1) is 0 Å². The van der Waals surface area contributed by atoms with Crippen LogP contribution in [0.5, 0.6) is 0 Å². The Labute approximate surface area is 49.9 Å². The first-order valence-corrected chi connectivity index (χ1v) is 3.19. The predicted octanol–water partition coefficient (Wildman–Crippen LogP) is -0.0233.